The van der Waals surface area contributed by atoms with E-state index in [4.69, 9.17) is 11.6 Å². The van der Waals surface area contributed by atoms with Gasteiger partial charge < -0.3 is 39.8 Å². The average Bonchev–Trinajstić information content (AvgIpc) is 3.79. The first-order valence-corrected chi connectivity index (χ1v) is 19.1. The second kappa shape index (κ2) is 17.1. The highest BCUT2D eigenvalue weighted by Gasteiger charge is 2.37. The number of hydrogen-bond donors (Lipinski definition) is 3. The summed E-state index contributed by atoms with van der Waals surface area (Å²) >= 11 is 6.52. The SMILES string of the molecule is COC(=O)NCC(=O)N1CC(C)CC1c1nc(-c2ccc(-c3cc(Cl)c(NC(=O)c4ccc(N5CCN(C(=O)C(C)(C)C)CC5)nc4)cc3OC(F)(F)F)cc2)c(F)[nH]1. The van der Waals surface area contributed by atoms with Crippen LogP contribution in [0, 0.1) is 17.3 Å². The molecule has 0 aliphatic carbocycles. The minimum Gasteiger partial charge on any atom is -0.453 e. The van der Waals surface area contributed by atoms with Crippen molar-refractivity contribution >= 4 is 46.9 Å². The van der Waals surface area contributed by atoms with Crippen LogP contribution in [0.4, 0.5) is 33.9 Å². The summed E-state index contributed by atoms with van der Waals surface area (Å²) in [6, 6.07) is 10.6. The molecule has 0 bridgehead atoms. The first-order chi connectivity index (χ1) is 27.8. The molecule has 14 nitrogen and oxygen atoms in total. The Bertz CT molecular complexity index is 2200. The molecule has 2 aromatic carbocycles. The number of nitrogens with one attached hydrogen (secondary N) is 3. The summed E-state index contributed by atoms with van der Waals surface area (Å²) in [6.45, 7) is 9.73. The number of ether oxygens (including phenoxy) is 2. The van der Waals surface area contributed by atoms with Gasteiger partial charge in [0.2, 0.25) is 17.8 Å². The number of alkyl halides is 3. The van der Waals surface area contributed by atoms with E-state index in [2.05, 4.69) is 35.1 Å². The lowest BCUT2D eigenvalue weighted by atomic mass is 9.94. The molecule has 4 amide bonds. The molecule has 2 aliphatic rings. The van der Waals surface area contributed by atoms with Gasteiger partial charge in [-0.3, -0.25) is 14.4 Å². The Morgan fingerprint density at radius 1 is 0.983 bits per heavy atom. The number of piperazine rings is 1. The van der Waals surface area contributed by atoms with Crippen LogP contribution in [0.25, 0.3) is 22.4 Å². The molecule has 2 unspecified atom stereocenters. The molecule has 0 radical (unpaired) electrons. The van der Waals surface area contributed by atoms with Gasteiger partial charge in [0.25, 0.3) is 5.91 Å². The highest BCUT2D eigenvalue weighted by Crippen LogP contribution is 2.41. The number of amides is 4. The number of pyridine rings is 1. The van der Waals surface area contributed by atoms with Crippen molar-refractivity contribution in [1.82, 2.24) is 30.1 Å². The third-order valence-corrected chi connectivity index (χ3v) is 10.3. The van der Waals surface area contributed by atoms with Gasteiger partial charge >= 0.3 is 12.5 Å². The number of alkyl carbamates (subject to hydrolysis) is 1. The predicted molar refractivity (Wildman–Crippen MR) is 210 cm³/mol. The van der Waals surface area contributed by atoms with Crippen LogP contribution < -0.4 is 20.3 Å². The number of halogens is 5. The van der Waals surface area contributed by atoms with Gasteiger partial charge in [-0.15, -0.1) is 13.2 Å². The Morgan fingerprint density at radius 2 is 1.66 bits per heavy atom. The second-order valence-corrected chi connectivity index (χ2v) is 15.8. The smallest absolute Gasteiger partial charge is 0.453 e. The van der Waals surface area contributed by atoms with E-state index in [1.165, 1.54) is 54.6 Å². The molecule has 314 valence electrons. The zero-order valence-electron chi connectivity index (χ0n) is 32.9. The summed E-state index contributed by atoms with van der Waals surface area (Å²) < 4.78 is 65.3. The number of hydrogen-bond acceptors (Lipinski definition) is 9. The number of aromatic nitrogens is 3. The molecule has 59 heavy (non-hydrogen) atoms. The van der Waals surface area contributed by atoms with Gasteiger partial charge in [0.05, 0.1) is 29.4 Å². The quantitative estimate of drug-likeness (QED) is 0.150. The largest absolute Gasteiger partial charge is 0.573 e. The molecular formula is C40H43ClF4N8O6. The van der Waals surface area contributed by atoms with Crippen molar-refractivity contribution < 1.29 is 46.2 Å². The van der Waals surface area contributed by atoms with E-state index in [-0.39, 0.29) is 62.9 Å². The van der Waals surface area contributed by atoms with Crippen LogP contribution in [0.5, 0.6) is 5.75 Å². The molecule has 2 aliphatic heterocycles. The Labute approximate surface area is 342 Å². The van der Waals surface area contributed by atoms with E-state index >= 15 is 4.39 Å². The highest BCUT2D eigenvalue weighted by atomic mass is 35.5. The number of H-pyrrole nitrogens is 1. The maximum Gasteiger partial charge on any atom is 0.573 e. The molecule has 4 heterocycles. The van der Waals surface area contributed by atoms with Crippen LogP contribution in [-0.2, 0) is 14.3 Å². The molecular weight excluding hydrogens is 800 g/mol. The molecule has 6 rings (SSSR count). The minimum absolute atomic E-state index is 0.0621. The lowest BCUT2D eigenvalue weighted by molar-refractivity contribution is -0.274. The van der Waals surface area contributed by atoms with E-state index < -0.39 is 47.4 Å². The summed E-state index contributed by atoms with van der Waals surface area (Å²) in [5.41, 5.74) is -0.146. The zero-order chi connectivity index (χ0) is 42.8. The molecule has 19 heteroatoms. The summed E-state index contributed by atoms with van der Waals surface area (Å²) in [7, 11) is 1.17. The number of aromatic amines is 1. The van der Waals surface area contributed by atoms with Crippen molar-refractivity contribution in [3.8, 4) is 28.1 Å². The van der Waals surface area contributed by atoms with Crippen molar-refractivity contribution in [1.29, 1.82) is 0 Å². The van der Waals surface area contributed by atoms with Gasteiger partial charge in [-0.25, -0.2) is 14.8 Å². The van der Waals surface area contributed by atoms with E-state index in [1.54, 1.807) is 6.07 Å². The van der Waals surface area contributed by atoms with E-state index in [9.17, 15) is 32.3 Å². The number of likely N-dealkylation sites (tertiary alicyclic amines) is 1. The third-order valence-electron chi connectivity index (χ3n) is 9.95. The Kier molecular flexibility index (Phi) is 12.4. The standard InChI is InChI=1S/C40H43ClF4N8O6/c1-22-16-29(53(21-22)32(54)20-47-38(57)58-5)35-49-33(34(42)50-35)24-8-6-23(7-9-24)26-17-27(41)28(18-30(26)59-40(43,44)45)48-36(55)25-10-11-31(46-19-25)51-12-14-52(15-13-51)37(56)39(2,3)4/h6-11,17-19,22,29H,12-16,20-21H2,1-5H3,(H,47,57)(H,48,55)(H,49,50). The predicted octanol–water partition coefficient (Wildman–Crippen LogP) is 7.04. The number of carbonyl (C=O) groups excluding carboxylic acids is 4. The van der Waals surface area contributed by atoms with Crippen molar-refractivity contribution in [3.63, 3.8) is 0 Å². The molecule has 4 aromatic rings. The number of rotatable bonds is 9. The summed E-state index contributed by atoms with van der Waals surface area (Å²) in [5, 5.41) is 4.79. The lowest BCUT2D eigenvalue weighted by Crippen LogP contribution is -2.51. The van der Waals surface area contributed by atoms with E-state index in [0.717, 1.165) is 6.07 Å². The van der Waals surface area contributed by atoms with Crippen molar-refractivity contribution in [2.24, 2.45) is 11.3 Å². The number of nitrogens with zero attached hydrogens (tertiary/aromatic N) is 5. The van der Waals surface area contributed by atoms with Crippen LogP contribution in [0.15, 0.2) is 54.7 Å². The first-order valence-electron chi connectivity index (χ1n) is 18.7. The van der Waals surface area contributed by atoms with Crippen molar-refractivity contribution in [2.75, 3.05) is 56.6 Å². The van der Waals surface area contributed by atoms with Gasteiger partial charge in [0.1, 0.15) is 29.6 Å². The van der Waals surface area contributed by atoms with Crippen molar-refractivity contribution in [3.05, 3.63) is 77.1 Å². The lowest BCUT2D eigenvalue weighted by Gasteiger charge is -2.38. The number of methoxy groups -OCH3 is 1. The minimum atomic E-state index is -5.11. The van der Waals surface area contributed by atoms with Crippen LogP contribution in [-0.4, -0.2) is 101 Å². The summed E-state index contributed by atoms with van der Waals surface area (Å²) in [5.74, 6) is -1.61. The number of benzene rings is 2. The van der Waals surface area contributed by atoms with Gasteiger partial charge in [-0.1, -0.05) is 63.6 Å². The average molecular weight is 843 g/mol. The fraction of sp³-hybridized carbons (Fsp3) is 0.400. The van der Waals surface area contributed by atoms with Crippen LogP contribution in [0.2, 0.25) is 5.02 Å². The van der Waals surface area contributed by atoms with Crippen LogP contribution in [0.1, 0.15) is 56.3 Å². The third kappa shape index (κ3) is 10.0. The molecule has 2 aromatic heterocycles. The monoisotopic (exact) mass is 842 g/mol. The number of carbonyl (C=O) groups is 4. The maximum absolute atomic E-state index is 15.3. The Morgan fingerprint density at radius 3 is 2.27 bits per heavy atom. The van der Waals surface area contributed by atoms with Crippen molar-refractivity contribution in [2.45, 2.75) is 46.5 Å². The first kappa shape index (κ1) is 42.7. The zero-order valence-corrected chi connectivity index (χ0v) is 33.6. The van der Waals surface area contributed by atoms with Crippen LogP contribution >= 0.6 is 11.6 Å². The van der Waals surface area contributed by atoms with E-state index in [1.807, 2.05) is 37.5 Å². The second-order valence-electron chi connectivity index (χ2n) is 15.4. The molecule has 2 atom stereocenters. The molecule has 0 saturated carbocycles. The van der Waals surface area contributed by atoms with E-state index in [0.29, 0.717) is 45.0 Å². The Hall–Kier alpha value is -5.91. The highest BCUT2D eigenvalue weighted by molar-refractivity contribution is 6.34. The van der Waals surface area contributed by atoms with Gasteiger partial charge in [0, 0.05) is 61.5 Å². The summed E-state index contributed by atoms with van der Waals surface area (Å²) in [4.78, 5) is 67.0. The number of imidazole rings is 1. The van der Waals surface area contributed by atoms with Crippen LogP contribution in [0.3, 0.4) is 0 Å². The molecule has 3 N–H and O–H groups in total. The number of anilines is 2. The maximum atomic E-state index is 15.3. The van der Waals surface area contributed by atoms with Gasteiger partial charge in [-0.05, 0) is 36.1 Å². The summed E-state index contributed by atoms with van der Waals surface area (Å²) in [6.07, 6.45) is -4.05. The molecule has 2 saturated heterocycles. The molecule has 2 fully saturated rings. The van der Waals surface area contributed by atoms with Gasteiger partial charge in [0.15, 0.2) is 0 Å². The van der Waals surface area contributed by atoms with Gasteiger partial charge in [-0.2, -0.15) is 4.39 Å². The Balaban J connectivity index is 1.17. The fourth-order valence-electron chi connectivity index (χ4n) is 7.03. The molecule has 0 spiro atoms. The topological polar surface area (TPSA) is 162 Å². The normalized spacial score (nSPS) is 17.2. The fourth-order valence-corrected chi connectivity index (χ4v) is 7.24.